The number of hydrazine groups is 1. The molecule has 0 aromatic heterocycles. The average molecular weight is 395 g/mol. The Kier molecular flexibility index (Phi) is 4.97. The number of carbonyl (C=O) groups excluding carboxylic acids is 1. The first-order chi connectivity index (χ1) is 12.4. The number of nitro groups is 1. The second-order valence-corrected chi connectivity index (χ2v) is 6.10. The van der Waals surface area contributed by atoms with Gasteiger partial charge in [-0.05, 0) is 12.1 Å². The number of nitrogens with zero attached hydrogens (tertiary/aromatic N) is 3. The molecule has 8 nitrogen and oxygen atoms in total. The van der Waals surface area contributed by atoms with E-state index in [1.54, 1.807) is 12.1 Å². The monoisotopic (exact) mass is 394 g/mol. The molecule has 26 heavy (non-hydrogen) atoms. The number of amides is 1. The number of rotatable bonds is 4. The minimum absolute atomic E-state index is 0.00960. The molecule has 0 spiro atoms. The molecule has 0 saturated carbocycles. The third kappa shape index (κ3) is 3.56. The van der Waals surface area contributed by atoms with Gasteiger partial charge >= 0.3 is 0 Å². The number of carbonyl (C=O) groups is 1. The smallest absolute Gasteiger partial charge is 0.269 e. The summed E-state index contributed by atoms with van der Waals surface area (Å²) in [6.45, 7) is 0. The van der Waals surface area contributed by atoms with Crippen LogP contribution in [0.4, 0.5) is 17.1 Å². The molecule has 0 bridgehead atoms. The highest BCUT2D eigenvalue weighted by molar-refractivity contribution is 6.40. The maximum absolute atomic E-state index is 12.3. The molecular weight excluding hydrogens is 383 g/mol. The molecule has 0 aliphatic carbocycles. The van der Waals surface area contributed by atoms with Crippen molar-refractivity contribution in [2.24, 2.45) is 4.99 Å². The lowest BCUT2D eigenvalue weighted by Gasteiger charge is -2.19. The predicted octanol–water partition coefficient (Wildman–Crippen LogP) is 3.88. The number of nitrogens with one attached hydrogen (secondary N) is 1. The van der Waals surface area contributed by atoms with Crippen molar-refractivity contribution < 1.29 is 14.5 Å². The van der Waals surface area contributed by atoms with Crippen LogP contribution < -0.4 is 15.2 Å². The molecule has 134 valence electrons. The van der Waals surface area contributed by atoms with E-state index in [2.05, 4.69) is 10.4 Å². The molecule has 1 amide bonds. The molecule has 1 heterocycles. The van der Waals surface area contributed by atoms with E-state index in [0.717, 1.165) is 0 Å². The lowest BCUT2D eigenvalue weighted by Crippen LogP contribution is -2.36. The van der Waals surface area contributed by atoms with E-state index in [9.17, 15) is 14.9 Å². The first-order valence-electron chi connectivity index (χ1n) is 7.33. The van der Waals surface area contributed by atoms with Crippen LogP contribution in [0, 0.1) is 10.1 Å². The molecule has 1 saturated heterocycles. The summed E-state index contributed by atoms with van der Waals surface area (Å²) in [6, 6.07) is 8.75. The van der Waals surface area contributed by atoms with Gasteiger partial charge in [0, 0.05) is 24.3 Å². The van der Waals surface area contributed by atoms with Crippen molar-refractivity contribution in [1.82, 2.24) is 5.43 Å². The Morgan fingerprint density at radius 2 is 1.85 bits per heavy atom. The highest BCUT2D eigenvalue weighted by Crippen LogP contribution is 2.38. The first-order valence-corrected chi connectivity index (χ1v) is 8.09. The van der Waals surface area contributed by atoms with Gasteiger partial charge in [-0.15, -0.1) is 0 Å². The van der Waals surface area contributed by atoms with Crippen LogP contribution >= 0.6 is 23.2 Å². The van der Waals surface area contributed by atoms with Crippen molar-refractivity contribution in [1.29, 1.82) is 0 Å². The van der Waals surface area contributed by atoms with E-state index in [1.165, 1.54) is 36.4 Å². The average Bonchev–Trinajstić information content (AvgIpc) is 2.94. The lowest BCUT2D eigenvalue weighted by atomic mass is 10.2. The Morgan fingerprint density at radius 3 is 2.38 bits per heavy atom. The van der Waals surface area contributed by atoms with Crippen LogP contribution in [-0.2, 0) is 4.79 Å². The molecule has 0 atom stereocenters. The summed E-state index contributed by atoms with van der Waals surface area (Å²) in [4.78, 5) is 26.8. The van der Waals surface area contributed by atoms with E-state index in [4.69, 9.17) is 27.9 Å². The molecule has 10 heteroatoms. The molecule has 0 unspecified atom stereocenters. The van der Waals surface area contributed by atoms with E-state index in [0.29, 0.717) is 23.0 Å². The number of nitro benzene ring substituents is 1. The summed E-state index contributed by atoms with van der Waals surface area (Å²) in [6.07, 6.45) is 0.00960. The van der Waals surface area contributed by atoms with Crippen LogP contribution in [0.25, 0.3) is 0 Å². The van der Waals surface area contributed by atoms with Gasteiger partial charge in [0.1, 0.15) is 17.3 Å². The number of halogens is 2. The first kappa shape index (κ1) is 18.0. The topological polar surface area (TPSA) is 97.1 Å². The molecule has 2 aromatic carbocycles. The fourth-order valence-corrected chi connectivity index (χ4v) is 3.01. The lowest BCUT2D eigenvalue weighted by molar-refractivity contribution is -0.384. The summed E-state index contributed by atoms with van der Waals surface area (Å²) < 4.78 is 5.08. The maximum Gasteiger partial charge on any atom is 0.269 e. The van der Waals surface area contributed by atoms with E-state index in [-0.39, 0.29) is 28.1 Å². The van der Waals surface area contributed by atoms with Gasteiger partial charge in [-0.25, -0.2) is 10.0 Å². The molecule has 1 fully saturated rings. The zero-order valence-electron chi connectivity index (χ0n) is 13.4. The van der Waals surface area contributed by atoms with E-state index < -0.39 is 4.92 Å². The van der Waals surface area contributed by atoms with Gasteiger partial charge in [-0.1, -0.05) is 23.2 Å². The van der Waals surface area contributed by atoms with Crippen molar-refractivity contribution >= 4 is 52.0 Å². The summed E-state index contributed by atoms with van der Waals surface area (Å²) in [5, 5.41) is 12.4. The number of methoxy groups -OCH3 is 1. The van der Waals surface area contributed by atoms with Gasteiger partial charge in [0.05, 0.1) is 34.2 Å². The molecule has 0 radical (unpaired) electrons. The summed E-state index contributed by atoms with van der Waals surface area (Å²) in [5.74, 6) is 0.543. The van der Waals surface area contributed by atoms with Crippen molar-refractivity contribution in [2.75, 3.05) is 12.1 Å². The quantitative estimate of drug-likeness (QED) is 0.626. The Bertz CT molecular complexity index is 892. The van der Waals surface area contributed by atoms with Gasteiger partial charge in [-0.2, -0.15) is 0 Å². The number of benzene rings is 2. The Hall–Kier alpha value is -2.84. The second-order valence-electron chi connectivity index (χ2n) is 5.29. The molecule has 3 rings (SSSR count). The van der Waals surface area contributed by atoms with Crippen LogP contribution in [0.2, 0.25) is 10.0 Å². The largest absolute Gasteiger partial charge is 0.497 e. The SMILES string of the molecule is COc1cc(Cl)c(N2NC(=Nc3ccc([N+](=O)[O-])cc3)CC2=O)c(Cl)c1. The van der Waals surface area contributed by atoms with Gasteiger partial charge in [0.15, 0.2) is 0 Å². The fourth-order valence-electron chi connectivity index (χ4n) is 2.38. The zero-order chi connectivity index (χ0) is 18.8. The van der Waals surface area contributed by atoms with Gasteiger partial charge < -0.3 is 4.74 Å². The third-order valence-corrected chi connectivity index (χ3v) is 4.16. The second kappa shape index (κ2) is 7.19. The van der Waals surface area contributed by atoms with Gasteiger partial charge in [0.25, 0.3) is 11.6 Å². The Balaban J connectivity index is 1.86. The number of anilines is 1. The third-order valence-electron chi connectivity index (χ3n) is 3.58. The molecule has 1 N–H and O–H groups in total. The molecule has 2 aromatic rings. The van der Waals surface area contributed by atoms with E-state index in [1.807, 2.05) is 0 Å². The minimum Gasteiger partial charge on any atom is -0.497 e. The van der Waals surface area contributed by atoms with Gasteiger partial charge in [0.2, 0.25) is 0 Å². The van der Waals surface area contributed by atoms with Crippen molar-refractivity contribution in [3.8, 4) is 5.75 Å². The van der Waals surface area contributed by atoms with Crippen LogP contribution in [-0.4, -0.2) is 23.8 Å². The van der Waals surface area contributed by atoms with Crippen molar-refractivity contribution in [3.63, 3.8) is 0 Å². The highest BCUT2D eigenvalue weighted by atomic mass is 35.5. The number of aliphatic imine (C=N–C) groups is 1. The number of amidine groups is 1. The predicted molar refractivity (Wildman–Crippen MR) is 98.4 cm³/mol. The van der Waals surface area contributed by atoms with Crippen LogP contribution in [0.3, 0.4) is 0 Å². The highest BCUT2D eigenvalue weighted by Gasteiger charge is 2.30. The van der Waals surface area contributed by atoms with Gasteiger partial charge in [-0.3, -0.25) is 20.3 Å². The van der Waals surface area contributed by atoms with Crippen molar-refractivity contribution in [3.05, 3.63) is 56.6 Å². The van der Waals surface area contributed by atoms with Crippen LogP contribution in [0.15, 0.2) is 41.4 Å². The number of non-ortho nitro benzene ring substituents is 1. The maximum atomic E-state index is 12.3. The van der Waals surface area contributed by atoms with Crippen molar-refractivity contribution in [2.45, 2.75) is 6.42 Å². The van der Waals surface area contributed by atoms with E-state index >= 15 is 0 Å². The summed E-state index contributed by atoms with van der Waals surface area (Å²) in [5.41, 5.74) is 3.58. The Labute approximate surface area is 158 Å². The minimum atomic E-state index is -0.496. The summed E-state index contributed by atoms with van der Waals surface area (Å²) in [7, 11) is 1.48. The summed E-state index contributed by atoms with van der Waals surface area (Å²) >= 11 is 12.4. The molecular formula is C16H12Cl2N4O4. The number of hydrogen-bond donors (Lipinski definition) is 1. The van der Waals surface area contributed by atoms with Crippen LogP contribution in [0.1, 0.15) is 6.42 Å². The molecule has 1 aliphatic rings. The number of hydrogen-bond acceptors (Lipinski definition) is 5. The normalized spacial score (nSPS) is 15.3. The zero-order valence-corrected chi connectivity index (χ0v) is 14.9. The fraction of sp³-hybridized carbons (Fsp3) is 0.125. The molecule has 1 aliphatic heterocycles. The number of ether oxygens (including phenoxy) is 1. The standard InChI is InChI=1S/C16H12Cl2N4O4/c1-26-11-6-12(17)16(13(18)7-11)21-15(23)8-14(20-21)19-9-2-4-10(5-3-9)22(24)25/h2-7H,8H2,1H3,(H,19,20). The Morgan fingerprint density at radius 1 is 1.23 bits per heavy atom. The van der Waals surface area contributed by atoms with Crippen LogP contribution in [0.5, 0.6) is 5.75 Å².